The van der Waals surface area contributed by atoms with Gasteiger partial charge in [-0.2, -0.15) is 0 Å². The van der Waals surface area contributed by atoms with Crippen LogP contribution >= 0.6 is 0 Å². The Hall–Kier alpha value is -2.24. The van der Waals surface area contributed by atoms with Crippen molar-refractivity contribution in [1.29, 1.82) is 0 Å². The molecular formula is C16H22N2O4. The molecule has 0 radical (unpaired) electrons. The zero-order chi connectivity index (χ0) is 16.3. The van der Waals surface area contributed by atoms with Crippen LogP contribution in [0.1, 0.15) is 28.4 Å². The maximum absolute atomic E-state index is 12.5. The van der Waals surface area contributed by atoms with Crippen molar-refractivity contribution in [1.82, 2.24) is 9.80 Å². The Labute approximate surface area is 130 Å². The summed E-state index contributed by atoms with van der Waals surface area (Å²) in [7, 11) is 0. The van der Waals surface area contributed by atoms with Gasteiger partial charge in [0.1, 0.15) is 5.75 Å². The lowest BCUT2D eigenvalue weighted by atomic mass is 10.0. The lowest BCUT2D eigenvalue weighted by Gasteiger charge is -2.34. The van der Waals surface area contributed by atoms with Crippen LogP contribution in [-0.2, 0) is 4.74 Å². The number of benzene rings is 1. The molecule has 1 N–H and O–H groups in total. The molecule has 0 spiro atoms. The quantitative estimate of drug-likeness (QED) is 0.906. The minimum Gasteiger partial charge on any atom is -0.507 e. The largest absolute Gasteiger partial charge is 0.507 e. The predicted molar refractivity (Wildman–Crippen MR) is 82.1 cm³/mol. The highest BCUT2D eigenvalue weighted by molar-refractivity contribution is 5.97. The number of nitrogens with zero attached hydrogens (tertiary/aromatic N) is 2. The minimum absolute atomic E-state index is 0.0397. The summed E-state index contributed by atoms with van der Waals surface area (Å²) in [6.45, 7) is 7.54. The van der Waals surface area contributed by atoms with Crippen molar-refractivity contribution in [2.75, 3.05) is 32.8 Å². The van der Waals surface area contributed by atoms with E-state index in [1.54, 1.807) is 29.7 Å². The molecule has 0 aromatic heterocycles. The summed E-state index contributed by atoms with van der Waals surface area (Å²) in [6.07, 6.45) is -0.344. The molecule has 1 fully saturated rings. The molecule has 2 rings (SSSR count). The number of carbonyl (C=O) groups excluding carboxylic acids is 2. The van der Waals surface area contributed by atoms with E-state index in [1.165, 1.54) is 0 Å². The van der Waals surface area contributed by atoms with Crippen molar-refractivity contribution in [3.8, 4) is 5.75 Å². The van der Waals surface area contributed by atoms with Gasteiger partial charge < -0.3 is 19.6 Å². The summed E-state index contributed by atoms with van der Waals surface area (Å²) in [5, 5.41) is 10.2. The topological polar surface area (TPSA) is 70.1 Å². The van der Waals surface area contributed by atoms with Crippen molar-refractivity contribution in [3.63, 3.8) is 0 Å². The van der Waals surface area contributed by atoms with Crippen molar-refractivity contribution in [2.24, 2.45) is 0 Å². The molecule has 0 bridgehead atoms. The first kappa shape index (κ1) is 16.1. The molecule has 6 heteroatoms. The smallest absolute Gasteiger partial charge is 0.409 e. The van der Waals surface area contributed by atoms with Gasteiger partial charge in [0.15, 0.2) is 0 Å². The predicted octanol–water partition coefficient (Wildman–Crippen LogP) is 1.92. The highest BCUT2D eigenvalue weighted by Crippen LogP contribution is 2.26. The highest BCUT2D eigenvalue weighted by Gasteiger charge is 2.27. The lowest BCUT2D eigenvalue weighted by Crippen LogP contribution is -2.50. The SMILES string of the molecule is CCOC(=O)N1CCN(C(=O)c2ccc(C)c(C)c2O)CC1. The summed E-state index contributed by atoms with van der Waals surface area (Å²) < 4.78 is 4.95. The Morgan fingerprint density at radius 3 is 2.32 bits per heavy atom. The van der Waals surface area contributed by atoms with E-state index in [2.05, 4.69) is 0 Å². The number of ether oxygens (including phenoxy) is 1. The Bertz CT molecular complexity index is 578. The zero-order valence-electron chi connectivity index (χ0n) is 13.3. The van der Waals surface area contributed by atoms with Gasteiger partial charge in [-0.05, 0) is 38.0 Å². The van der Waals surface area contributed by atoms with E-state index in [1.807, 2.05) is 13.0 Å². The molecule has 0 atom stereocenters. The second kappa shape index (κ2) is 6.68. The molecule has 0 unspecified atom stereocenters. The molecule has 1 aromatic rings. The van der Waals surface area contributed by atoms with Crippen LogP contribution in [0.5, 0.6) is 5.75 Å². The second-order valence-electron chi connectivity index (χ2n) is 5.38. The standard InChI is InChI=1S/C16H22N2O4/c1-4-22-16(21)18-9-7-17(8-10-18)15(20)13-6-5-11(2)12(3)14(13)19/h5-6,19H,4,7-10H2,1-3H3. The molecule has 120 valence electrons. The Morgan fingerprint density at radius 1 is 1.14 bits per heavy atom. The summed E-state index contributed by atoms with van der Waals surface area (Å²) in [5.41, 5.74) is 1.98. The zero-order valence-corrected chi connectivity index (χ0v) is 13.3. The molecule has 1 saturated heterocycles. The first-order chi connectivity index (χ1) is 10.5. The number of phenols is 1. The van der Waals surface area contributed by atoms with Crippen molar-refractivity contribution in [2.45, 2.75) is 20.8 Å². The third kappa shape index (κ3) is 3.16. The molecule has 0 aliphatic carbocycles. The van der Waals surface area contributed by atoms with Gasteiger partial charge in [-0.15, -0.1) is 0 Å². The number of carbonyl (C=O) groups is 2. The number of hydrogen-bond donors (Lipinski definition) is 1. The molecule has 1 aliphatic rings. The van der Waals surface area contributed by atoms with Gasteiger partial charge in [-0.1, -0.05) is 6.07 Å². The fourth-order valence-electron chi connectivity index (χ4n) is 2.45. The Kier molecular flexibility index (Phi) is 4.90. The average Bonchev–Trinajstić information content (AvgIpc) is 2.52. The Morgan fingerprint density at radius 2 is 1.73 bits per heavy atom. The normalized spacial score (nSPS) is 14.9. The highest BCUT2D eigenvalue weighted by atomic mass is 16.6. The number of aromatic hydroxyl groups is 1. The maximum atomic E-state index is 12.5. The summed E-state index contributed by atoms with van der Waals surface area (Å²) in [4.78, 5) is 27.4. The lowest BCUT2D eigenvalue weighted by molar-refractivity contribution is 0.0568. The van der Waals surface area contributed by atoms with Gasteiger partial charge in [0.2, 0.25) is 0 Å². The molecule has 1 aromatic carbocycles. The van der Waals surface area contributed by atoms with E-state index in [-0.39, 0.29) is 17.7 Å². The van der Waals surface area contributed by atoms with E-state index >= 15 is 0 Å². The summed E-state index contributed by atoms with van der Waals surface area (Å²) in [6, 6.07) is 3.48. The van der Waals surface area contributed by atoms with Gasteiger partial charge in [0, 0.05) is 26.2 Å². The monoisotopic (exact) mass is 306 g/mol. The summed E-state index contributed by atoms with van der Waals surface area (Å²) >= 11 is 0. The van der Waals surface area contributed by atoms with Gasteiger partial charge in [0.25, 0.3) is 5.91 Å². The fourth-order valence-corrected chi connectivity index (χ4v) is 2.45. The molecule has 6 nitrogen and oxygen atoms in total. The Balaban J connectivity index is 2.04. The van der Waals surface area contributed by atoms with Gasteiger partial charge in [-0.25, -0.2) is 4.79 Å². The van der Waals surface area contributed by atoms with E-state index in [4.69, 9.17) is 4.74 Å². The third-order valence-corrected chi connectivity index (χ3v) is 4.03. The second-order valence-corrected chi connectivity index (χ2v) is 5.38. The van der Waals surface area contributed by atoms with E-state index in [0.29, 0.717) is 38.3 Å². The average molecular weight is 306 g/mol. The number of aryl methyl sites for hydroxylation is 1. The van der Waals surface area contributed by atoms with Crippen LogP contribution in [-0.4, -0.2) is 59.7 Å². The molecule has 1 aliphatic heterocycles. The summed E-state index contributed by atoms with van der Waals surface area (Å²) in [5.74, 6) is -0.165. The van der Waals surface area contributed by atoms with Crippen LogP contribution in [0.3, 0.4) is 0 Å². The van der Waals surface area contributed by atoms with Crippen LogP contribution in [0.2, 0.25) is 0 Å². The van der Waals surface area contributed by atoms with Gasteiger partial charge >= 0.3 is 6.09 Å². The number of amides is 2. The van der Waals surface area contributed by atoms with E-state index in [0.717, 1.165) is 11.1 Å². The van der Waals surface area contributed by atoms with Crippen LogP contribution in [0.15, 0.2) is 12.1 Å². The van der Waals surface area contributed by atoms with Crippen LogP contribution in [0.25, 0.3) is 0 Å². The minimum atomic E-state index is -0.344. The van der Waals surface area contributed by atoms with E-state index < -0.39 is 0 Å². The van der Waals surface area contributed by atoms with Crippen molar-refractivity contribution >= 4 is 12.0 Å². The van der Waals surface area contributed by atoms with Gasteiger partial charge in [0.05, 0.1) is 12.2 Å². The van der Waals surface area contributed by atoms with E-state index in [9.17, 15) is 14.7 Å². The van der Waals surface area contributed by atoms with Crippen LogP contribution in [0.4, 0.5) is 4.79 Å². The molecular weight excluding hydrogens is 284 g/mol. The number of hydrogen-bond acceptors (Lipinski definition) is 4. The number of phenolic OH excluding ortho intramolecular Hbond substituents is 1. The van der Waals surface area contributed by atoms with Crippen LogP contribution < -0.4 is 0 Å². The van der Waals surface area contributed by atoms with Crippen molar-refractivity contribution < 1.29 is 19.4 Å². The van der Waals surface area contributed by atoms with Gasteiger partial charge in [-0.3, -0.25) is 4.79 Å². The number of piperazine rings is 1. The van der Waals surface area contributed by atoms with Crippen molar-refractivity contribution in [3.05, 3.63) is 28.8 Å². The first-order valence-corrected chi connectivity index (χ1v) is 7.45. The molecule has 0 saturated carbocycles. The number of rotatable bonds is 2. The molecule has 2 amide bonds. The maximum Gasteiger partial charge on any atom is 0.409 e. The fraction of sp³-hybridized carbons (Fsp3) is 0.500. The first-order valence-electron chi connectivity index (χ1n) is 7.45. The third-order valence-electron chi connectivity index (χ3n) is 4.03. The molecule has 1 heterocycles. The molecule has 22 heavy (non-hydrogen) atoms. The van der Waals surface area contributed by atoms with Crippen LogP contribution in [0, 0.1) is 13.8 Å².